The molecule has 1 fully saturated rings. The molecule has 3 rings (SSSR count). The number of amides is 2. The molecule has 0 aliphatic carbocycles. The van der Waals surface area contributed by atoms with Crippen LogP contribution < -0.4 is 15.0 Å². The van der Waals surface area contributed by atoms with Gasteiger partial charge in [0.1, 0.15) is 5.75 Å². The minimum Gasteiger partial charge on any atom is -0.494 e. The summed E-state index contributed by atoms with van der Waals surface area (Å²) in [5.74, 6) is 0.274. The number of hydrogen-bond donors (Lipinski definition) is 1. The summed E-state index contributed by atoms with van der Waals surface area (Å²) in [5.41, 5.74) is 1.71. The lowest BCUT2D eigenvalue weighted by Crippen LogP contribution is -2.32. The predicted octanol–water partition coefficient (Wildman–Crippen LogP) is 3.41. The lowest BCUT2D eigenvalue weighted by Gasteiger charge is -2.17. The Morgan fingerprint density at radius 2 is 2.04 bits per heavy atom. The summed E-state index contributed by atoms with van der Waals surface area (Å²) >= 11 is 5.99. The van der Waals surface area contributed by atoms with E-state index in [2.05, 4.69) is 5.32 Å². The van der Waals surface area contributed by atoms with Crippen LogP contribution in [0.5, 0.6) is 5.75 Å². The first-order chi connectivity index (χ1) is 12.6. The van der Waals surface area contributed by atoms with E-state index in [1.165, 1.54) is 0 Å². The number of rotatable bonds is 6. The zero-order chi connectivity index (χ0) is 18.5. The maximum Gasteiger partial charge on any atom is 0.227 e. The van der Waals surface area contributed by atoms with E-state index in [1.807, 2.05) is 37.3 Å². The van der Waals surface area contributed by atoms with E-state index in [9.17, 15) is 9.59 Å². The topological polar surface area (TPSA) is 58.6 Å². The molecule has 1 aliphatic rings. The molecule has 1 atom stereocenters. The van der Waals surface area contributed by atoms with E-state index in [0.717, 1.165) is 17.0 Å². The number of nitrogens with zero attached hydrogens (tertiary/aromatic N) is 1. The molecule has 0 radical (unpaired) electrons. The van der Waals surface area contributed by atoms with E-state index < -0.39 is 0 Å². The van der Waals surface area contributed by atoms with Crippen molar-refractivity contribution in [2.75, 3.05) is 18.1 Å². The van der Waals surface area contributed by atoms with Crippen molar-refractivity contribution in [3.05, 3.63) is 59.1 Å². The third kappa shape index (κ3) is 4.35. The number of anilines is 1. The summed E-state index contributed by atoms with van der Waals surface area (Å²) in [7, 11) is 0. The highest BCUT2D eigenvalue weighted by atomic mass is 35.5. The number of benzene rings is 2. The second-order valence-corrected chi connectivity index (χ2v) is 6.62. The first kappa shape index (κ1) is 18.3. The van der Waals surface area contributed by atoms with Crippen molar-refractivity contribution in [2.45, 2.75) is 19.9 Å². The fourth-order valence-corrected chi connectivity index (χ4v) is 3.16. The van der Waals surface area contributed by atoms with Crippen LogP contribution in [0, 0.1) is 5.92 Å². The Hall–Kier alpha value is -2.53. The van der Waals surface area contributed by atoms with Gasteiger partial charge in [0, 0.05) is 30.2 Å². The third-order valence-electron chi connectivity index (χ3n) is 4.32. The minimum atomic E-state index is -0.357. The van der Waals surface area contributed by atoms with Crippen LogP contribution in [0.15, 0.2) is 48.5 Å². The zero-order valence-corrected chi connectivity index (χ0v) is 15.3. The van der Waals surface area contributed by atoms with E-state index in [-0.39, 0.29) is 24.2 Å². The molecule has 6 heteroatoms. The Labute approximate surface area is 157 Å². The largest absolute Gasteiger partial charge is 0.494 e. The van der Waals surface area contributed by atoms with Crippen LogP contribution in [0.2, 0.25) is 5.02 Å². The van der Waals surface area contributed by atoms with Crippen molar-refractivity contribution in [3.63, 3.8) is 0 Å². The summed E-state index contributed by atoms with van der Waals surface area (Å²) < 4.78 is 5.40. The maximum absolute atomic E-state index is 12.4. The highest BCUT2D eigenvalue weighted by molar-refractivity contribution is 6.31. The average molecular weight is 373 g/mol. The molecule has 1 saturated heterocycles. The van der Waals surface area contributed by atoms with Gasteiger partial charge in [0.25, 0.3) is 0 Å². The number of carbonyl (C=O) groups is 2. The van der Waals surface area contributed by atoms with Crippen molar-refractivity contribution in [1.29, 1.82) is 0 Å². The molecule has 26 heavy (non-hydrogen) atoms. The Morgan fingerprint density at radius 3 is 2.73 bits per heavy atom. The quantitative estimate of drug-likeness (QED) is 0.845. The van der Waals surface area contributed by atoms with Gasteiger partial charge in [-0.2, -0.15) is 0 Å². The Bertz CT molecular complexity index is 792. The molecule has 5 nitrogen and oxygen atoms in total. The second kappa shape index (κ2) is 8.23. The predicted molar refractivity (Wildman–Crippen MR) is 101 cm³/mol. The van der Waals surface area contributed by atoms with Gasteiger partial charge >= 0.3 is 0 Å². The van der Waals surface area contributed by atoms with Crippen LogP contribution in [0.1, 0.15) is 18.9 Å². The van der Waals surface area contributed by atoms with Crippen LogP contribution in [-0.2, 0) is 16.1 Å². The SMILES string of the molecule is CCOc1ccc(CNC(=O)[C@H]2CC(=O)N(c3cccc(Cl)c3)C2)cc1. The number of nitrogens with one attached hydrogen (secondary N) is 1. The first-order valence-electron chi connectivity index (χ1n) is 8.62. The third-order valence-corrected chi connectivity index (χ3v) is 4.55. The van der Waals surface area contributed by atoms with E-state index in [4.69, 9.17) is 16.3 Å². The standard InChI is InChI=1S/C20H21ClN2O3/c1-2-26-18-8-6-14(7-9-18)12-22-20(25)15-10-19(24)23(13-15)17-5-3-4-16(21)11-17/h3-9,11,15H,2,10,12-13H2,1H3,(H,22,25)/t15-/m0/s1. The highest BCUT2D eigenvalue weighted by Gasteiger charge is 2.35. The number of hydrogen-bond acceptors (Lipinski definition) is 3. The molecular formula is C20H21ClN2O3. The lowest BCUT2D eigenvalue weighted by molar-refractivity contribution is -0.126. The Balaban J connectivity index is 1.56. The van der Waals surface area contributed by atoms with Gasteiger partial charge in [-0.25, -0.2) is 0 Å². The van der Waals surface area contributed by atoms with Crippen LogP contribution >= 0.6 is 11.6 Å². The van der Waals surface area contributed by atoms with Crippen molar-refractivity contribution < 1.29 is 14.3 Å². The average Bonchev–Trinajstić information content (AvgIpc) is 3.03. The second-order valence-electron chi connectivity index (χ2n) is 6.18. The molecule has 0 saturated carbocycles. The van der Waals surface area contributed by atoms with E-state index in [1.54, 1.807) is 23.1 Å². The number of halogens is 1. The molecule has 0 unspecified atom stereocenters. The zero-order valence-electron chi connectivity index (χ0n) is 14.6. The van der Waals surface area contributed by atoms with Gasteiger partial charge in [0.15, 0.2) is 0 Å². The summed E-state index contributed by atoms with van der Waals surface area (Å²) in [5, 5.41) is 3.48. The number of ether oxygens (including phenoxy) is 1. The molecule has 2 aromatic rings. The lowest BCUT2D eigenvalue weighted by atomic mass is 10.1. The van der Waals surface area contributed by atoms with Crippen molar-refractivity contribution in [3.8, 4) is 5.75 Å². The minimum absolute atomic E-state index is 0.0616. The van der Waals surface area contributed by atoms with Gasteiger partial charge in [-0.15, -0.1) is 0 Å². The Morgan fingerprint density at radius 1 is 1.27 bits per heavy atom. The molecule has 2 amide bonds. The van der Waals surface area contributed by atoms with Crippen molar-refractivity contribution in [2.24, 2.45) is 5.92 Å². The summed E-state index contributed by atoms with van der Waals surface area (Å²) in [6.45, 7) is 3.35. The first-order valence-corrected chi connectivity index (χ1v) is 9.00. The van der Waals surface area contributed by atoms with Crippen LogP contribution in [0.25, 0.3) is 0 Å². The summed E-state index contributed by atoms with van der Waals surface area (Å²) in [4.78, 5) is 26.3. The monoisotopic (exact) mass is 372 g/mol. The number of carbonyl (C=O) groups excluding carboxylic acids is 2. The smallest absolute Gasteiger partial charge is 0.227 e. The molecule has 1 aliphatic heterocycles. The van der Waals surface area contributed by atoms with Gasteiger partial charge in [0.2, 0.25) is 11.8 Å². The van der Waals surface area contributed by atoms with Crippen LogP contribution in [-0.4, -0.2) is 25.0 Å². The molecule has 1 N–H and O–H groups in total. The normalized spacial score (nSPS) is 16.6. The van der Waals surface area contributed by atoms with Crippen molar-refractivity contribution >= 4 is 29.1 Å². The highest BCUT2D eigenvalue weighted by Crippen LogP contribution is 2.27. The van der Waals surface area contributed by atoms with Crippen LogP contribution in [0.3, 0.4) is 0 Å². The molecule has 1 heterocycles. The maximum atomic E-state index is 12.4. The fourth-order valence-electron chi connectivity index (χ4n) is 2.98. The molecule has 136 valence electrons. The van der Waals surface area contributed by atoms with Gasteiger partial charge < -0.3 is 15.0 Å². The molecule has 0 bridgehead atoms. The van der Waals surface area contributed by atoms with Crippen molar-refractivity contribution in [1.82, 2.24) is 5.32 Å². The van der Waals surface area contributed by atoms with Gasteiger partial charge in [-0.1, -0.05) is 29.8 Å². The Kier molecular flexibility index (Phi) is 5.78. The van der Waals surface area contributed by atoms with E-state index in [0.29, 0.717) is 24.7 Å². The van der Waals surface area contributed by atoms with Crippen LogP contribution in [0.4, 0.5) is 5.69 Å². The molecule has 0 aromatic heterocycles. The molecule has 2 aromatic carbocycles. The van der Waals surface area contributed by atoms with E-state index >= 15 is 0 Å². The molecule has 0 spiro atoms. The van der Waals surface area contributed by atoms with Gasteiger partial charge in [-0.3, -0.25) is 9.59 Å². The molecular weight excluding hydrogens is 352 g/mol. The fraction of sp³-hybridized carbons (Fsp3) is 0.300. The van der Waals surface area contributed by atoms with Gasteiger partial charge in [0.05, 0.1) is 12.5 Å². The summed E-state index contributed by atoms with van der Waals surface area (Å²) in [6, 6.07) is 14.7. The van der Waals surface area contributed by atoms with Gasteiger partial charge in [-0.05, 0) is 42.8 Å². The summed E-state index contributed by atoms with van der Waals surface area (Å²) in [6.07, 6.45) is 0.210.